The largest absolute Gasteiger partial charge is 0.326 e. The maximum absolute atomic E-state index is 12.8. The van der Waals surface area contributed by atoms with Crippen molar-refractivity contribution in [3.05, 3.63) is 83.4 Å². The van der Waals surface area contributed by atoms with E-state index in [9.17, 15) is 18.0 Å². The third-order valence-electron chi connectivity index (χ3n) is 4.58. The molecule has 2 amide bonds. The second-order valence-electron chi connectivity index (χ2n) is 8.35. The number of rotatable bonds is 6. The fourth-order valence-corrected chi connectivity index (χ4v) is 4.11. The van der Waals surface area contributed by atoms with Crippen molar-refractivity contribution in [1.82, 2.24) is 0 Å². The summed E-state index contributed by atoms with van der Waals surface area (Å²) in [7, 11) is -3.93. The molecule has 3 aromatic carbocycles. The van der Waals surface area contributed by atoms with Crippen molar-refractivity contribution in [1.29, 1.82) is 0 Å². The van der Waals surface area contributed by atoms with E-state index in [2.05, 4.69) is 15.4 Å². The van der Waals surface area contributed by atoms with Crippen molar-refractivity contribution in [3.8, 4) is 0 Å². The summed E-state index contributed by atoms with van der Waals surface area (Å²) in [6.07, 6.45) is 0. The second kappa shape index (κ2) is 9.64. The van der Waals surface area contributed by atoms with Crippen LogP contribution < -0.4 is 15.4 Å². The molecular weight excluding hydrogens is 462 g/mol. The van der Waals surface area contributed by atoms with Gasteiger partial charge < -0.3 is 10.6 Å². The molecule has 3 N–H and O–H groups in total. The lowest BCUT2D eigenvalue weighted by atomic mass is 9.95. The van der Waals surface area contributed by atoms with Gasteiger partial charge in [-0.25, -0.2) is 8.42 Å². The molecule has 0 aliphatic heterocycles. The molecule has 0 unspecified atom stereocenters. The average molecular weight is 486 g/mol. The highest BCUT2D eigenvalue weighted by molar-refractivity contribution is 7.92. The van der Waals surface area contributed by atoms with E-state index in [-0.39, 0.29) is 21.5 Å². The molecule has 0 aromatic heterocycles. The molecule has 0 spiro atoms. The number of anilines is 3. The summed E-state index contributed by atoms with van der Waals surface area (Å²) < 4.78 is 28.0. The Morgan fingerprint density at radius 3 is 2.12 bits per heavy atom. The standard InChI is InChI=1S/C24H24ClN3O4S/c1-24(2,3)23(30)27-17-9-6-8-16(14-17)22(29)26-18-10-7-11-19(15-18)33(31,32)28-21-13-5-4-12-20(21)25/h4-15,28H,1-3H3,(H,26,29)(H,27,30). The van der Waals surface area contributed by atoms with Gasteiger partial charge in [-0.1, -0.05) is 56.6 Å². The van der Waals surface area contributed by atoms with Crippen LogP contribution in [0.25, 0.3) is 0 Å². The van der Waals surface area contributed by atoms with E-state index in [1.54, 1.807) is 75.4 Å². The molecule has 0 aliphatic carbocycles. The fraction of sp³-hybridized carbons (Fsp3) is 0.167. The van der Waals surface area contributed by atoms with Crippen molar-refractivity contribution in [3.63, 3.8) is 0 Å². The number of sulfonamides is 1. The van der Waals surface area contributed by atoms with Crippen LogP contribution in [-0.4, -0.2) is 20.2 Å². The second-order valence-corrected chi connectivity index (χ2v) is 10.4. The van der Waals surface area contributed by atoms with E-state index in [1.807, 2.05) is 0 Å². The Hall–Kier alpha value is -3.36. The first-order valence-electron chi connectivity index (χ1n) is 10.1. The Morgan fingerprint density at radius 1 is 0.818 bits per heavy atom. The number of hydrogen-bond donors (Lipinski definition) is 3. The number of carbonyl (C=O) groups excluding carboxylic acids is 2. The van der Waals surface area contributed by atoms with Crippen molar-refractivity contribution in [2.45, 2.75) is 25.7 Å². The fourth-order valence-electron chi connectivity index (χ4n) is 2.75. The number of amides is 2. The smallest absolute Gasteiger partial charge is 0.262 e. The lowest BCUT2D eigenvalue weighted by Gasteiger charge is -2.18. The zero-order valence-electron chi connectivity index (χ0n) is 18.3. The predicted octanol–water partition coefficient (Wildman–Crippen LogP) is 5.38. The zero-order chi connectivity index (χ0) is 24.2. The maximum atomic E-state index is 12.8. The highest BCUT2D eigenvalue weighted by atomic mass is 35.5. The van der Waals surface area contributed by atoms with Gasteiger partial charge in [-0.05, 0) is 48.5 Å². The highest BCUT2D eigenvalue weighted by Gasteiger charge is 2.21. The van der Waals surface area contributed by atoms with Crippen molar-refractivity contribution < 1.29 is 18.0 Å². The third kappa shape index (κ3) is 6.34. The molecule has 7 nitrogen and oxygen atoms in total. The molecule has 0 fully saturated rings. The van der Waals surface area contributed by atoms with Gasteiger partial charge in [0.05, 0.1) is 15.6 Å². The van der Waals surface area contributed by atoms with Crippen LogP contribution in [-0.2, 0) is 14.8 Å². The predicted molar refractivity (Wildman–Crippen MR) is 131 cm³/mol. The number of halogens is 1. The summed E-state index contributed by atoms with van der Waals surface area (Å²) in [6.45, 7) is 5.38. The van der Waals surface area contributed by atoms with Gasteiger partial charge >= 0.3 is 0 Å². The van der Waals surface area contributed by atoms with Gasteiger partial charge in [0, 0.05) is 22.4 Å². The quantitative estimate of drug-likeness (QED) is 0.436. The normalized spacial score (nSPS) is 11.5. The van der Waals surface area contributed by atoms with Gasteiger partial charge in [0.25, 0.3) is 15.9 Å². The summed E-state index contributed by atoms with van der Waals surface area (Å²) in [6, 6.07) is 18.9. The first kappa shape index (κ1) is 24.3. The van der Waals surface area contributed by atoms with Gasteiger partial charge in [-0.15, -0.1) is 0 Å². The van der Waals surface area contributed by atoms with Crippen molar-refractivity contribution in [2.24, 2.45) is 5.41 Å². The molecule has 0 atom stereocenters. The first-order valence-corrected chi connectivity index (χ1v) is 11.9. The minimum Gasteiger partial charge on any atom is -0.326 e. The number of carbonyl (C=O) groups is 2. The van der Waals surface area contributed by atoms with E-state index < -0.39 is 21.3 Å². The highest BCUT2D eigenvalue weighted by Crippen LogP contribution is 2.25. The van der Waals surface area contributed by atoms with E-state index >= 15 is 0 Å². The van der Waals surface area contributed by atoms with Gasteiger partial charge in [-0.2, -0.15) is 0 Å². The Labute approximate surface area is 198 Å². The molecule has 0 bridgehead atoms. The molecule has 0 heterocycles. The van der Waals surface area contributed by atoms with E-state index in [0.717, 1.165) is 0 Å². The maximum Gasteiger partial charge on any atom is 0.262 e. The van der Waals surface area contributed by atoms with Crippen LogP contribution in [0.1, 0.15) is 31.1 Å². The number of benzene rings is 3. The molecule has 3 aromatic rings. The van der Waals surface area contributed by atoms with Gasteiger partial charge in [0.1, 0.15) is 0 Å². The topological polar surface area (TPSA) is 104 Å². The molecule has 0 saturated carbocycles. The monoisotopic (exact) mass is 485 g/mol. The van der Waals surface area contributed by atoms with Gasteiger partial charge in [-0.3, -0.25) is 14.3 Å². The van der Waals surface area contributed by atoms with E-state index in [4.69, 9.17) is 11.6 Å². The number of nitrogens with one attached hydrogen (secondary N) is 3. The van der Waals surface area contributed by atoms with Crippen LogP contribution in [0.2, 0.25) is 5.02 Å². The van der Waals surface area contributed by atoms with Crippen LogP contribution in [0, 0.1) is 5.41 Å². The van der Waals surface area contributed by atoms with Crippen LogP contribution in [0.15, 0.2) is 77.7 Å². The lowest BCUT2D eigenvalue weighted by Crippen LogP contribution is -2.27. The Bertz CT molecular complexity index is 1300. The first-order chi connectivity index (χ1) is 15.5. The Balaban J connectivity index is 1.77. The Kier molecular flexibility index (Phi) is 7.09. The summed E-state index contributed by atoms with van der Waals surface area (Å²) in [5.74, 6) is -0.626. The summed E-state index contributed by atoms with van der Waals surface area (Å²) in [4.78, 5) is 24.9. The number of hydrogen-bond acceptors (Lipinski definition) is 4. The molecule has 0 saturated heterocycles. The van der Waals surface area contributed by atoms with Gasteiger partial charge in [0.15, 0.2) is 0 Å². The molecule has 33 heavy (non-hydrogen) atoms. The molecule has 9 heteroatoms. The third-order valence-corrected chi connectivity index (χ3v) is 6.28. The molecule has 3 rings (SSSR count). The molecular formula is C24H24ClN3O4S. The SMILES string of the molecule is CC(C)(C)C(=O)Nc1cccc(C(=O)Nc2cccc(S(=O)(=O)Nc3ccccc3Cl)c2)c1. The van der Waals surface area contributed by atoms with Crippen molar-refractivity contribution >= 4 is 50.5 Å². The average Bonchev–Trinajstić information content (AvgIpc) is 2.75. The van der Waals surface area contributed by atoms with E-state index in [1.165, 1.54) is 18.2 Å². The molecule has 172 valence electrons. The van der Waals surface area contributed by atoms with Crippen LogP contribution in [0.5, 0.6) is 0 Å². The summed E-state index contributed by atoms with van der Waals surface area (Å²) >= 11 is 6.04. The van der Waals surface area contributed by atoms with Crippen LogP contribution >= 0.6 is 11.6 Å². The Morgan fingerprint density at radius 2 is 1.45 bits per heavy atom. The molecule has 0 radical (unpaired) electrons. The summed E-state index contributed by atoms with van der Waals surface area (Å²) in [5.41, 5.74) is 0.767. The minimum absolute atomic E-state index is 0.0357. The number of para-hydroxylation sites is 1. The molecule has 0 aliphatic rings. The zero-order valence-corrected chi connectivity index (χ0v) is 19.9. The van der Waals surface area contributed by atoms with Gasteiger partial charge in [0.2, 0.25) is 5.91 Å². The van der Waals surface area contributed by atoms with E-state index in [0.29, 0.717) is 16.9 Å². The minimum atomic E-state index is -3.93. The van der Waals surface area contributed by atoms with Crippen molar-refractivity contribution in [2.75, 3.05) is 15.4 Å². The van der Waals surface area contributed by atoms with Crippen LogP contribution in [0.4, 0.5) is 17.1 Å². The van der Waals surface area contributed by atoms with Crippen LogP contribution in [0.3, 0.4) is 0 Å². The lowest BCUT2D eigenvalue weighted by molar-refractivity contribution is -0.123. The summed E-state index contributed by atoms with van der Waals surface area (Å²) in [5, 5.41) is 5.73.